The lowest BCUT2D eigenvalue weighted by Gasteiger charge is -2.11. The molecule has 0 radical (unpaired) electrons. The third-order valence-corrected chi connectivity index (χ3v) is 4.89. The van der Waals surface area contributed by atoms with Crippen LogP contribution >= 0.6 is 23.2 Å². The molecular formula is C22H16Cl2N2O4. The molecule has 3 aromatic rings. The molecule has 2 amide bonds. The van der Waals surface area contributed by atoms with Crippen LogP contribution in [0.4, 0.5) is 11.4 Å². The van der Waals surface area contributed by atoms with E-state index in [4.69, 9.17) is 32.7 Å². The molecule has 3 aromatic carbocycles. The maximum atomic E-state index is 12.6. The number of rotatable bonds is 4. The van der Waals surface area contributed by atoms with Crippen molar-refractivity contribution >= 4 is 46.4 Å². The first-order valence-electron chi connectivity index (χ1n) is 9.00. The summed E-state index contributed by atoms with van der Waals surface area (Å²) in [7, 11) is 0. The van der Waals surface area contributed by atoms with Gasteiger partial charge in [-0.1, -0.05) is 29.3 Å². The van der Waals surface area contributed by atoms with E-state index in [2.05, 4.69) is 10.6 Å². The molecule has 0 aliphatic carbocycles. The summed E-state index contributed by atoms with van der Waals surface area (Å²) in [6.07, 6.45) is 0. The van der Waals surface area contributed by atoms with Crippen molar-refractivity contribution in [1.29, 1.82) is 0 Å². The second-order valence-corrected chi connectivity index (χ2v) is 7.52. The van der Waals surface area contributed by atoms with E-state index in [1.54, 1.807) is 36.4 Å². The van der Waals surface area contributed by atoms with E-state index in [1.807, 2.05) is 19.1 Å². The quantitative estimate of drug-likeness (QED) is 0.544. The Morgan fingerprint density at radius 3 is 2.67 bits per heavy atom. The molecule has 1 aliphatic heterocycles. The predicted octanol–water partition coefficient (Wildman–Crippen LogP) is 5.68. The van der Waals surface area contributed by atoms with Crippen LogP contribution < -0.4 is 20.1 Å². The highest BCUT2D eigenvalue weighted by atomic mass is 35.5. The van der Waals surface area contributed by atoms with E-state index in [0.717, 1.165) is 5.56 Å². The van der Waals surface area contributed by atoms with Crippen molar-refractivity contribution < 1.29 is 19.1 Å². The van der Waals surface area contributed by atoms with E-state index in [1.165, 1.54) is 6.07 Å². The summed E-state index contributed by atoms with van der Waals surface area (Å²) in [5.74, 6) is 0.568. The minimum Gasteiger partial charge on any atom is -0.482 e. The zero-order valence-corrected chi connectivity index (χ0v) is 17.3. The molecule has 152 valence electrons. The Balaban J connectivity index is 1.46. The number of amides is 2. The molecule has 8 heteroatoms. The van der Waals surface area contributed by atoms with Crippen LogP contribution in [-0.2, 0) is 4.79 Å². The Morgan fingerprint density at radius 2 is 1.87 bits per heavy atom. The molecule has 0 aromatic heterocycles. The highest BCUT2D eigenvalue weighted by Crippen LogP contribution is 2.37. The van der Waals surface area contributed by atoms with Crippen LogP contribution in [0.2, 0.25) is 10.0 Å². The molecule has 0 unspecified atom stereocenters. The predicted molar refractivity (Wildman–Crippen MR) is 116 cm³/mol. The smallest absolute Gasteiger partial charge is 0.262 e. The summed E-state index contributed by atoms with van der Waals surface area (Å²) in [6, 6.07) is 15.1. The number of anilines is 2. The fourth-order valence-corrected chi connectivity index (χ4v) is 3.41. The molecule has 0 bridgehead atoms. The zero-order chi connectivity index (χ0) is 21.3. The van der Waals surface area contributed by atoms with Gasteiger partial charge in [-0.2, -0.15) is 0 Å². The summed E-state index contributed by atoms with van der Waals surface area (Å²) in [5.41, 5.74) is 2.33. The van der Waals surface area contributed by atoms with E-state index in [-0.39, 0.29) is 12.5 Å². The van der Waals surface area contributed by atoms with Gasteiger partial charge in [0, 0.05) is 10.7 Å². The van der Waals surface area contributed by atoms with Crippen molar-refractivity contribution in [2.75, 3.05) is 17.2 Å². The van der Waals surface area contributed by atoms with Crippen molar-refractivity contribution in [3.05, 3.63) is 75.8 Å². The lowest BCUT2D eigenvalue weighted by atomic mass is 10.1. The number of carbonyl (C=O) groups is 2. The standard InChI is InChI=1S/C22H16Cl2N2O4/c1-12-2-5-20-17(8-12)26-22(28)15-10-14(4-7-18(15)30-20)25-21(27)11-29-19-6-3-13(23)9-16(19)24/h2-10H,11H2,1H3,(H,25,27)(H,26,28). The topological polar surface area (TPSA) is 76.7 Å². The van der Waals surface area contributed by atoms with E-state index in [0.29, 0.717) is 44.2 Å². The highest BCUT2D eigenvalue weighted by Gasteiger charge is 2.21. The van der Waals surface area contributed by atoms with Crippen LogP contribution in [0.25, 0.3) is 0 Å². The second kappa shape index (κ2) is 8.26. The van der Waals surface area contributed by atoms with Gasteiger partial charge in [-0.15, -0.1) is 0 Å². The fraction of sp³-hybridized carbons (Fsp3) is 0.0909. The third kappa shape index (κ3) is 4.35. The maximum Gasteiger partial charge on any atom is 0.262 e. The molecule has 0 spiro atoms. The van der Waals surface area contributed by atoms with Gasteiger partial charge in [0.1, 0.15) is 11.5 Å². The lowest BCUT2D eigenvalue weighted by molar-refractivity contribution is -0.118. The highest BCUT2D eigenvalue weighted by molar-refractivity contribution is 6.35. The van der Waals surface area contributed by atoms with Gasteiger partial charge in [-0.3, -0.25) is 9.59 Å². The van der Waals surface area contributed by atoms with Crippen molar-refractivity contribution in [3.8, 4) is 17.2 Å². The number of halogens is 2. The summed E-state index contributed by atoms with van der Waals surface area (Å²) in [5, 5.41) is 6.31. The minimum atomic E-state index is -0.408. The third-order valence-electron chi connectivity index (χ3n) is 4.36. The number of hydrogen-bond acceptors (Lipinski definition) is 4. The van der Waals surface area contributed by atoms with Gasteiger partial charge >= 0.3 is 0 Å². The fourth-order valence-electron chi connectivity index (χ4n) is 2.95. The van der Waals surface area contributed by atoms with Crippen LogP contribution in [0, 0.1) is 6.92 Å². The molecule has 1 aliphatic rings. The molecule has 0 fully saturated rings. The molecule has 0 saturated heterocycles. The number of nitrogens with one attached hydrogen (secondary N) is 2. The summed E-state index contributed by atoms with van der Waals surface area (Å²) < 4.78 is 11.3. The largest absolute Gasteiger partial charge is 0.482 e. The number of aryl methyl sites for hydroxylation is 1. The average molecular weight is 443 g/mol. The lowest BCUT2D eigenvalue weighted by Crippen LogP contribution is -2.20. The van der Waals surface area contributed by atoms with Gasteiger partial charge in [0.05, 0.1) is 16.3 Å². The van der Waals surface area contributed by atoms with Gasteiger partial charge in [0.2, 0.25) is 0 Å². The van der Waals surface area contributed by atoms with E-state index in [9.17, 15) is 9.59 Å². The van der Waals surface area contributed by atoms with Crippen molar-refractivity contribution in [1.82, 2.24) is 0 Å². The SMILES string of the molecule is Cc1ccc2c(c1)NC(=O)c1cc(NC(=O)COc3ccc(Cl)cc3Cl)ccc1O2. The second-order valence-electron chi connectivity index (χ2n) is 6.68. The normalized spacial score (nSPS) is 12.0. The van der Waals surface area contributed by atoms with Crippen LogP contribution in [0.15, 0.2) is 54.6 Å². The zero-order valence-electron chi connectivity index (χ0n) is 15.8. The van der Waals surface area contributed by atoms with Crippen LogP contribution in [-0.4, -0.2) is 18.4 Å². The molecule has 6 nitrogen and oxygen atoms in total. The molecule has 4 rings (SSSR count). The Labute approximate surface area is 182 Å². The van der Waals surface area contributed by atoms with E-state index >= 15 is 0 Å². The molecule has 0 atom stereocenters. The first-order chi connectivity index (χ1) is 14.4. The monoisotopic (exact) mass is 442 g/mol. The van der Waals surface area contributed by atoms with Crippen molar-refractivity contribution in [2.24, 2.45) is 0 Å². The minimum absolute atomic E-state index is 0.258. The average Bonchev–Trinajstić information content (AvgIpc) is 2.83. The molecule has 30 heavy (non-hydrogen) atoms. The molecule has 1 heterocycles. The number of hydrogen-bond donors (Lipinski definition) is 2. The van der Waals surface area contributed by atoms with Crippen LogP contribution in [0.5, 0.6) is 17.2 Å². The number of fused-ring (bicyclic) bond motifs is 2. The first-order valence-corrected chi connectivity index (χ1v) is 9.76. The summed E-state index contributed by atoms with van der Waals surface area (Å²) in [6.45, 7) is 1.67. The molecule has 2 N–H and O–H groups in total. The first kappa shape index (κ1) is 20.1. The molecule has 0 saturated carbocycles. The van der Waals surface area contributed by atoms with Crippen molar-refractivity contribution in [3.63, 3.8) is 0 Å². The number of ether oxygens (including phenoxy) is 2. The number of benzene rings is 3. The van der Waals surface area contributed by atoms with E-state index < -0.39 is 5.91 Å². The van der Waals surface area contributed by atoms with Gasteiger partial charge in [-0.25, -0.2) is 0 Å². The maximum absolute atomic E-state index is 12.6. The van der Waals surface area contributed by atoms with Gasteiger partial charge in [0.25, 0.3) is 11.8 Å². The summed E-state index contributed by atoms with van der Waals surface area (Å²) >= 11 is 11.9. The van der Waals surface area contributed by atoms with Crippen molar-refractivity contribution in [2.45, 2.75) is 6.92 Å². The Bertz CT molecular complexity index is 1160. The Kier molecular flexibility index (Phi) is 5.53. The van der Waals surface area contributed by atoms with Crippen LogP contribution in [0.1, 0.15) is 15.9 Å². The Morgan fingerprint density at radius 1 is 1.07 bits per heavy atom. The van der Waals surface area contributed by atoms with Gasteiger partial charge in [-0.05, 0) is 61.0 Å². The summed E-state index contributed by atoms with van der Waals surface area (Å²) in [4.78, 5) is 24.9. The number of carbonyl (C=O) groups excluding carboxylic acids is 2. The van der Waals surface area contributed by atoms with Crippen LogP contribution in [0.3, 0.4) is 0 Å². The Hall–Kier alpha value is -3.22. The van der Waals surface area contributed by atoms with Gasteiger partial charge in [0.15, 0.2) is 12.4 Å². The van der Waals surface area contributed by atoms with Gasteiger partial charge < -0.3 is 20.1 Å². The molecular weight excluding hydrogens is 427 g/mol.